The van der Waals surface area contributed by atoms with Crippen molar-refractivity contribution in [3.63, 3.8) is 0 Å². The monoisotopic (exact) mass is 363 g/mol. The average Bonchev–Trinajstić information content (AvgIpc) is 2.62. The lowest BCUT2D eigenvalue weighted by molar-refractivity contribution is 0.0538. The van der Waals surface area contributed by atoms with Gasteiger partial charge in [-0.25, -0.2) is 13.6 Å². The van der Waals surface area contributed by atoms with E-state index < -0.39 is 29.6 Å². The summed E-state index contributed by atoms with van der Waals surface area (Å²) in [7, 11) is 1.48. The number of rotatable bonds is 7. The molecule has 0 heterocycles. The summed E-state index contributed by atoms with van der Waals surface area (Å²) in [6.45, 7) is 1.79. The van der Waals surface area contributed by atoms with Gasteiger partial charge in [-0.1, -0.05) is 0 Å². The van der Waals surface area contributed by atoms with Gasteiger partial charge in [-0.2, -0.15) is 0 Å². The van der Waals surface area contributed by atoms with Crippen LogP contribution in [0.1, 0.15) is 33.2 Å². The van der Waals surface area contributed by atoms with E-state index in [1.807, 2.05) is 0 Å². The fraction of sp³-hybridized carbons (Fsp3) is 0.263. The van der Waals surface area contributed by atoms with Gasteiger partial charge in [0, 0.05) is 24.8 Å². The number of carbonyl (C=O) groups excluding carboxylic acids is 1. The van der Waals surface area contributed by atoms with E-state index in [9.17, 15) is 18.4 Å². The summed E-state index contributed by atoms with van der Waals surface area (Å²) in [5, 5.41) is 8.94. The molecule has 2 aromatic rings. The standard InChI is InChI=1S/C19H19F2NO4/c1-12(11-26-2)22(10-15-9-16(20)7-8-17(15)21)18(23)13-3-5-14(6-4-13)19(24)25/h3-9,12H,10-11H2,1-2H3,(H,24,25)/t12-/m0/s1. The summed E-state index contributed by atoms with van der Waals surface area (Å²) >= 11 is 0. The zero-order valence-electron chi connectivity index (χ0n) is 14.4. The van der Waals surface area contributed by atoms with Gasteiger partial charge in [0.2, 0.25) is 0 Å². The highest BCUT2D eigenvalue weighted by Crippen LogP contribution is 2.18. The van der Waals surface area contributed by atoms with Gasteiger partial charge in [0.1, 0.15) is 11.6 Å². The second kappa shape index (κ2) is 8.53. The third kappa shape index (κ3) is 4.64. The number of hydrogen-bond acceptors (Lipinski definition) is 3. The van der Waals surface area contributed by atoms with Gasteiger partial charge in [-0.05, 0) is 49.4 Å². The first-order valence-corrected chi connectivity index (χ1v) is 7.90. The van der Waals surface area contributed by atoms with Gasteiger partial charge in [0.25, 0.3) is 5.91 Å². The lowest BCUT2D eigenvalue weighted by Gasteiger charge is -2.29. The lowest BCUT2D eigenvalue weighted by atomic mass is 10.1. The number of ether oxygens (including phenoxy) is 1. The van der Waals surface area contributed by atoms with Crippen LogP contribution in [-0.2, 0) is 11.3 Å². The van der Waals surface area contributed by atoms with E-state index in [0.29, 0.717) is 0 Å². The number of methoxy groups -OCH3 is 1. The predicted molar refractivity (Wildman–Crippen MR) is 91.0 cm³/mol. The summed E-state index contributed by atoms with van der Waals surface area (Å²) in [5.74, 6) is -2.75. The van der Waals surface area contributed by atoms with E-state index in [2.05, 4.69) is 0 Å². The SMILES string of the molecule is COC[C@H](C)N(Cc1cc(F)ccc1F)C(=O)c1ccc(C(=O)O)cc1. The van der Waals surface area contributed by atoms with Crippen molar-refractivity contribution in [2.45, 2.75) is 19.5 Å². The van der Waals surface area contributed by atoms with Crippen LogP contribution < -0.4 is 0 Å². The molecule has 1 atom stereocenters. The summed E-state index contributed by atoms with van der Waals surface area (Å²) in [5.41, 5.74) is 0.340. The molecule has 26 heavy (non-hydrogen) atoms. The van der Waals surface area contributed by atoms with E-state index in [1.54, 1.807) is 6.92 Å². The number of nitrogens with zero attached hydrogens (tertiary/aromatic N) is 1. The van der Waals surface area contributed by atoms with Gasteiger partial charge in [-0.15, -0.1) is 0 Å². The second-order valence-electron chi connectivity index (χ2n) is 5.86. The molecule has 0 radical (unpaired) electrons. The molecule has 0 aliphatic heterocycles. The van der Waals surface area contributed by atoms with Crippen molar-refractivity contribution in [3.8, 4) is 0 Å². The maximum absolute atomic E-state index is 14.0. The topological polar surface area (TPSA) is 66.8 Å². The molecular formula is C19H19F2NO4. The Bertz CT molecular complexity index is 793. The molecule has 7 heteroatoms. The number of aromatic carboxylic acids is 1. The molecule has 0 unspecified atom stereocenters. The van der Waals surface area contributed by atoms with Crippen LogP contribution in [0.2, 0.25) is 0 Å². The molecule has 0 aromatic heterocycles. The van der Waals surface area contributed by atoms with Crippen LogP contribution in [0.4, 0.5) is 8.78 Å². The summed E-state index contributed by atoms with van der Waals surface area (Å²) in [6, 6.07) is 8.07. The minimum absolute atomic E-state index is 0.0449. The number of carboxylic acids is 1. The molecule has 2 aromatic carbocycles. The summed E-state index contributed by atoms with van der Waals surface area (Å²) in [4.78, 5) is 25.1. The molecule has 138 valence electrons. The Labute approximate surface area is 149 Å². The highest BCUT2D eigenvalue weighted by molar-refractivity contribution is 5.96. The number of halogens is 2. The van der Waals surface area contributed by atoms with Crippen LogP contribution >= 0.6 is 0 Å². The summed E-state index contributed by atoms with van der Waals surface area (Å²) in [6.07, 6.45) is 0. The minimum Gasteiger partial charge on any atom is -0.478 e. The Morgan fingerprint density at radius 2 is 1.73 bits per heavy atom. The summed E-state index contributed by atoms with van der Waals surface area (Å²) < 4.78 is 32.5. The first-order chi connectivity index (χ1) is 12.3. The predicted octanol–water partition coefficient (Wildman–Crippen LogP) is 3.34. The first kappa shape index (κ1) is 19.5. The van der Waals surface area contributed by atoms with Crippen LogP contribution in [0.25, 0.3) is 0 Å². The zero-order chi connectivity index (χ0) is 19.3. The highest BCUT2D eigenvalue weighted by Gasteiger charge is 2.23. The van der Waals surface area contributed by atoms with Gasteiger partial charge in [0.15, 0.2) is 0 Å². The van der Waals surface area contributed by atoms with E-state index >= 15 is 0 Å². The van der Waals surface area contributed by atoms with E-state index in [-0.39, 0.29) is 29.8 Å². The van der Waals surface area contributed by atoms with Crippen LogP contribution in [0, 0.1) is 11.6 Å². The Morgan fingerprint density at radius 1 is 1.12 bits per heavy atom. The fourth-order valence-corrected chi connectivity index (χ4v) is 2.53. The Hall–Kier alpha value is -2.80. The maximum Gasteiger partial charge on any atom is 0.335 e. The van der Waals surface area contributed by atoms with Crippen LogP contribution in [0.15, 0.2) is 42.5 Å². The van der Waals surface area contributed by atoms with E-state index in [4.69, 9.17) is 9.84 Å². The van der Waals surface area contributed by atoms with Gasteiger partial charge < -0.3 is 14.7 Å². The number of amides is 1. The molecule has 0 bridgehead atoms. The fourth-order valence-electron chi connectivity index (χ4n) is 2.53. The molecule has 1 amide bonds. The van der Waals surface area contributed by atoms with Crippen LogP contribution in [0.3, 0.4) is 0 Å². The number of hydrogen-bond donors (Lipinski definition) is 1. The largest absolute Gasteiger partial charge is 0.478 e. The minimum atomic E-state index is -1.10. The average molecular weight is 363 g/mol. The molecule has 0 aliphatic rings. The van der Waals surface area contributed by atoms with Crippen molar-refractivity contribution in [2.75, 3.05) is 13.7 Å². The van der Waals surface area contributed by atoms with Crippen molar-refractivity contribution < 1.29 is 28.2 Å². The van der Waals surface area contributed by atoms with Gasteiger partial charge >= 0.3 is 5.97 Å². The van der Waals surface area contributed by atoms with E-state index in [0.717, 1.165) is 18.2 Å². The van der Waals surface area contributed by atoms with Crippen molar-refractivity contribution in [3.05, 3.63) is 70.8 Å². The number of carbonyl (C=O) groups is 2. The quantitative estimate of drug-likeness (QED) is 0.819. The molecule has 1 N–H and O–H groups in total. The lowest BCUT2D eigenvalue weighted by Crippen LogP contribution is -2.40. The van der Waals surface area contributed by atoms with Gasteiger partial charge in [0.05, 0.1) is 18.2 Å². The molecule has 5 nitrogen and oxygen atoms in total. The van der Waals surface area contributed by atoms with Crippen molar-refractivity contribution in [1.29, 1.82) is 0 Å². The van der Waals surface area contributed by atoms with Crippen molar-refractivity contribution in [1.82, 2.24) is 4.90 Å². The Balaban J connectivity index is 2.32. The molecule has 0 saturated heterocycles. The van der Waals surface area contributed by atoms with Gasteiger partial charge in [-0.3, -0.25) is 4.79 Å². The third-order valence-corrected chi connectivity index (χ3v) is 3.93. The molecule has 0 aliphatic carbocycles. The third-order valence-electron chi connectivity index (χ3n) is 3.93. The molecule has 0 saturated carbocycles. The smallest absolute Gasteiger partial charge is 0.335 e. The highest BCUT2D eigenvalue weighted by atomic mass is 19.1. The maximum atomic E-state index is 14.0. The second-order valence-corrected chi connectivity index (χ2v) is 5.86. The normalized spacial score (nSPS) is 11.8. The van der Waals surface area contributed by atoms with Crippen molar-refractivity contribution >= 4 is 11.9 Å². The number of benzene rings is 2. The molecule has 0 spiro atoms. The van der Waals surface area contributed by atoms with Crippen LogP contribution in [0.5, 0.6) is 0 Å². The van der Waals surface area contributed by atoms with Crippen LogP contribution in [-0.4, -0.2) is 41.6 Å². The molecule has 0 fully saturated rings. The van der Waals surface area contributed by atoms with E-state index in [1.165, 1.54) is 36.3 Å². The Kier molecular flexibility index (Phi) is 6.41. The number of carboxylic acid groups (broad SMARTS) is 1. The first-order valence-electron chi connectivity index (χ1n) is 7.90. The molecular weight excluding hydrogens is 344 g/mol. The Morgan fingerprint density at radius 3 is 2.31 bits per heavy atom. The zero-order valence-corrected chi connectivity index (χ0v) is 14.4. The molecule has 2 rings (SSSR count). The van der Waals surface area contributed by atoms with Crippen molar-refractivity contribution in [2.24, 2.45) is 0 Å².